The van der Waals surface area contributed by atoms with E-state index in [0.717, 1.165) is 68.6 Å². The van der Waals surface area contributed by atoms with Gasteiger partial charge in [0, 0.05) is 49.9 Å². The molecule has 5 rings (SSSR count). The Morgan fingerprint density at radius 1 is 1.10 bits per heavy atom. The number of para-hydroxylation sites is 1. The van der Waals surface area contributed by atoms with Crippen molar-refractivity contribution in [1.82, 2.24) is 14.8 Å². The van der Waals surface area contributed by atoms with Crippen LogP contribution in [0, 0.1) is 0 Å². The van der Waals surface area contributed by atoms with Crippen LogP contribution in [0.25, 0.3) is 10.9 Å². The number of furan rings is 1. The van der Waals surface area contributed by atoms with Crippen LogP contribution < -0.4 is 0 Å². The van der Waals surface area contributed by atoms with E-state index in [-0.39, 0.29) is 11.5 Å². The molecule has 0 bridgehead atoms. The highest BCUT2D eigenvalue weighted by molar-refractivity contribution is 6.06. The van der Waals surface area contributed by atoms with Crippen LogP contribution >= 0.6 is 0 Å². The molecule has 1 aromatic carbocycles. The van der Waals surface area contributed by atoms with Crippen LogP contribution in [0.4, 0.5) is 0 Å². The molecule has 0 unspecified atom stereocenters. The monoisotopic (exact) mass is 391 g/mol. The number of benzene rings is 1. The Morgan fingerprint density at radius 3 is 2.79 bits per heavy atom. The van der Waals surface area contributed by atoms with Crippen molar-refractivity contribution < 1.29 is 13.9 Å². The summed E-state index contributed by atoms with van der Waals surface area (Å²) in [6.45, 7) is 4.88. The number of piperidine rings is 1. The van der Waals surface area contributed by atoms with E-state index >= 15 is 0 Å². The largest absolute Gasteiger partial charge is 0.472 e. The topological polar surface area (TPSA) is 58.8 Å². The highest BCUT2D eigenvalue weighted by Crippen LogP contribution is 2.32. The van der Waals surface area contributed by atoms with Crippen molar-refractivity contribution in [2.24, 2.45) is 0 Å². The Morgan fingerprint density at radius 2 is 1.97 bits per heavy atom. The number of likely N-dealkylation sites (tertiary alicyclic amines) is 1. The molecule has 0 N–H and O–H groups in total. The van der Waals surface area contributed by atoms with Crippen LogP contribution in [0.1, 0.15) is 28.8 Å². The maximum atomic E-state index is 13.2. The summed E-state index contributed by atoms with van der Waals surface area (Å²) < 4.78 is 11.4. The zero-order valence-electron chi connectivity index (χ0n) is 16.4. The summed E-state index contributed by atoms with van der Waals surface area (Å²) in [5.74, 6) is 0.0875. The minimum Gasteiger partial charge on any atom is -0.472 e. The van der Waals surface area contributed by atoms with Crippen molar-refractivity contribution in [3.05, 3.63) is 66.2 Å². The van der Waals surface area contributed by atoms with Gasteiger partial charge in [-0.3, -0.25) is 14.7 Å². The molecule has 4 heterocycles. The number of morpholine rings is 1. The van der Waals surface area contributed by atoms with Gasteiger partial charge in [0.15, 0.2) is 0 Å². The average Bonchev–Trinajstić information content (AvgIpc) is 3.26. The number of carbonyl (C=O) groups excluding carboxylic acids is 1. The predicted octanol–water partition coefficient (Wildman–Crippen LogP) is 3.34. The standard InChI is InChI=1S/C23H25N3O3/c27-22(20-5-9-24-21-4-2-1-3-19(20)21)26-10-7-23(8-11-26)17-25(12-14-29-23)15-18-6-13-28-16-18/h1-6,9,13,16H,7-8,10-12,14-15,17H2. The van der Waals surface area contributed by atoms with E-state index < -0.39 is 0 Å². The second-order valence-corrected chi connectivity index (χ2v) is 8.04. The smallest absolute Gasteiger partial charge is 0.254 e. The molecule has 0 aliphatic carbocycles. The van der Waals surface area contributed by atoms with E-state index in [4.69, 9.17) is 9.15 Å². The van der Waals surface area contributed by atoms with Crippen molar-refractivity contribution >= 4 is 16.8 Å². The second-order valence-electron chi connectivity index (χ2n) is 8.04. The SMILES string of the molecule is O=C(c1ccnc2ccccc12)N1CCC2(CC1)CN(Cc1ccoc1)CCO2. The highest BCUT2D eigenvalue weighted by atomic mass is 16.5. The molecular weight excluding hydrogens is 366 g/mol. The number of carbonyl (C=O) groups is 1. The lowest BCUT2D eigenvalue weighted by atomic mass is 9.88. The van der Waals surface area contributed by atoms with Gasteiger partial charge in [0.1, 0.15) is 0 Å². The van der Waals surface area contributed by atoms with E-state index in [1.807, 2.05) is 47.6 Å². The lowest BCUT2D eigenvalue weighted by molar-refractivity contribution is -0.134. The van der Waals surface area contributed by atoms with Crippen molar-refractivity contribution in [3.63, 3.8) is 0 Å². The Labute approximate surface area is 170 Å². The van der Waals surface area contributed by atoms with Gasteiger partial charge >= 0.3 is 0 Å². The highest BCUT2D eigenvalue weighted by Gasteiger charge is 2.40. The van der Waals surface area contributed by atoms with Gasteiger partial charge in [-0.25, -0.2) is 0 Å². The minimum atomic E-state index is -0.154. The first-order chi connectivity index (χ1) is 14.2. The molecule has 150 valence electrons. The Hall–Kier alpha value is -2.70. The maximum absolute atomic E-state index is 13.2. The summed E-state index contributed by atoms with van der Waals surface area (Å²) in [6.07, 6.45) is 6.98. The number of rotatable bonds is 3. The summed E-state index contributed by atoms with van der Waals surface area (Å²) >= 11 is 0. The molecule has 0 radical (unpaired) electrons. The number of nitrogens with zero attached hydrogens (tertiary/aromatic N) is 3. The third-order valence-corrected chi connectivity index (χ3v) is 6.16. The first-order valence-corrected chi connectivity index (χ1v) is 10.2. The number of amides is 1. The van der Waals surface area contributed by atoms with Gasteiger partial charge in [0.25, 0.3) is 5.91 Å². The molecule has 29 heavy (non-hydrogen) atoms. The van der Waals surface area contributed by atoms with Gasteiger partial charge in [-0.2, -0.15) is 0 Å². The fourth-order valence-electron chi connectivity index (χ4n) is 4.57. The van der Waals surface area contributed by atoms with E-state index in [9.17, 15) is 4.79 Å². The molecule has 0 saturated carbocycles. The summed E-state index contributed by atoms with van der Waals surface area (Å²) in [4.78, 5) is 22.0. The number of ether oxygens (including phenoxy) is 1. The minimum absolute atomic E-state index is 0.0875. The Bertz CT molecular complexity index is 988. The summed E-state index contributed by atoms with van der Waals surface area (Å²) in [7, 11) is 0. The molecule has 2 aromatic heterocycles. The molecule has 3 aromatic rings. The molecule has 2 aliphatic heterocycles. The summed E-state index contributed by atoms with van der Waals surface area (Å²) in [6, 6.07) is 11.7. The van der Waals surface area contributed by atoms with E-state index in [1.165, 1.54) is 5.56 Å². The van der Waals surface area contributed by atoms with Crippen LogP contribution in [0.3, 0.4) is 0 Å². The first-order valence-electron chi connectivity index (χ1n) is 10.2. The van der Waals surface area contributed by atoms with Crippen LogP contribution in [0.2, 0.25) is 0 Å². The van der Waals surface area contributed by atoms with Gasteiger partial charge in [-0.05, 0) is 31.0 Å². The van der Waals surface area contributed by atoms with Crippen LogP contribution in [-0.2, 0) is 11.3 Å². The van der Waals surface area contributed by atoms with E-state index in [0.29, 0.717) is 0 Å². The third-order valence-electron chi connectivity index (χ3n) is 6.16. The first kappa shape index (κ1) is 18.3. The average molecular weight is 391 g/mol. The molecule has 2 aliphatic rings. The molecule has 6 heteroatoms. The molecule has 2 saturated heterocycles. The van der Waals surface area contributed by atoms with Gasteiger partial charge in [-0.15, -0.1) is 0 Å². The quantitative estimate of drug-likeness (QED) is 0.685. The molecule has 1 amide bonds. The molecular formula is C23H25N3O3. The van der Waals surface area contributed by atoms with Gasteiger partial charge in [-0.1, -0.05) is 18.2 Å². The Balaban J connectivity index is 1.26. The summed E-state index contributed by atoms with van der Waals surface area (Å²) in [5, 5.41) is 0.917. The zero-order valence-corrected chi connectivity index (χ0v) is 16.4. The van der Waals surface area contributed by atoms with Crippen molar-refractivity contribution in [1.29, 1.82) is 0 Å². The van der Waals surface area contributed by atoms with Crippen molar-refractivity contribution in [2.45, 2.75) is 25.0 Å². The van der Waals surface area contributed by atoms with E-state index in [1.54, 1.807) is 12.5 Å². The normalized spacial score (nSPS) is 19.7. The maximum Gasteiger partial charge on any atom is 0.254 e. The lowest BCUT2D eigenvalue weighted by Gasteiger charge is -2.47. The van der Waals surface area contributed by atoms with Crippen molar-refractivity contribution in [3.8, 4) is 0 Å². The summed E-state index contributed by atoms with van der Waals surface area (Å²) in [5.41, 5.74) is 2.63. The van der Waals surface area contributed by atoms with E-state index in [2.05, 4.69) is 9.88 Å². The Kier molecular flexibility index (Phi) is 4.81. The molecule has 0 atom stereocenters. The van der Waals surface area contributed by atoms with Gasteiger partial charge in [0.05, 0.1) is 35.8 Å². The van der Waals surface area contributed by atoms with Crippen LogP contribution in [0.5, 0.6) is 0 Å². The van der Waals surface area contributed by atoms with Gasteiger partial charge in [0.2, 0.25) is 0 Å². The molecule has 2 fully saturated rings. The zero-order chi connectivity index (χ0) is 19.7. The van der Waals surface area contributed by atoms with Crippen molar-refractivity contribution in [2.75, 3.05) is 32.8 Å². The second kappa shape index (κ2) is 7.61. The number of aromatic nitrogens is 1. The van der Waals surface area contributed by atoms with Crippen LogP contribution in [-0.4, -0.2) is 59.1 Å². The fraction of sp³-hybridized carbons (Fsp3) is 0.391. The van der Waals surface area contributed by atoms with Crippen LogP contribution in [0.15, 0.2) is 59.5 Å². The number of hydrogen-bond acceptors (Lipinski definition) is 5. The van der Waals surface area contributed by atoms with Gasteiger partial charge < -0.3 is 14.1 Å². The predicted molar refractivity (Wildman–Crippen MR) is 110 cm³/mol. The number of hydrogen-bond donors (Lipinski definition) is 0. The third kappa shape index (κ3) is 3.66. The fourth-order valence-corrected chi connectivity index (χ4v) is 4.57. The molecule has 6 nitrogen and oxygen atoms in total. The number of fused-ring (bicyclic) bond motifs is 1. The molecule has 1 spiro atoms. The number of pyridine rings is 1. The lowest BCUT2D eigenvalue weighted by Crippen LogP contribution is -2.57.